The second-order valence-corrected chi connectivity index (χ2v) is 8.80. The van der Waals surface area contributed by atoms with Crippen LogP contribution in [-0.2, 0) is 0 Å². The van der Waals surface area contributed by atoms with Gasteiger partial charge in [0.2, 0.25) is 12.3 Å². The third kappa shape index (κ3) is 4.02. The number of benzene rings is 3. The summed E-state index contributed by atoms with van der Waals surface area (Å²) in [7, 11) is 0. The van der Waals surface area contributed by atoms with Crippen molar-refractivity contribution >= 4 is 22.4 Å². The molecule has 184 valence electrons. The first-order valence-electron chi connectivity index (χ1n) is 11.5. The number of aromatic nitrogens is 2. The normalized spacial score (nSPS) is 19.0. The Bertz CT molecular complexity index is 1430. The number of rotatable bonds is 6. The second-order valence-electron chi connectivity index (χ2n) is 8.80. The Kier molecular flexibility index (Phi) is 5.51. The molecule has 2 unspecified atom stereocenters. The maximum Gasteiger partial charge on any atom is 0.300 e. The zero-order chi connectivity index (χ0) is 24.6. The van der Waals surface area contributed by atoms with E-state index < -0.39 is 4.92 Å². The highest BCUT2D eigenvalue weighted by Gasteiger charge is 2.33. The summed E-state index contributed by atoms with van der Waals surface area (Å²) >= 11 is 0. The van der Waals surface area contributed by atoms with Gasteiger partial charge in [-0.3, -0.25) is 10.1 Å². The van der Waals surface area contributed by atoms with Crippen LogP contribution in [0.5, 0.6) is 17.2 Å². The molecule has 2 atom stereocenters. The summed E-state index contributed by atoms with van der Waals surface area (Å²) in [6, 6.07) is 15.1. The van der Waals surface area contributed by atoms with Crippen molar-refractivity contribution in [3.05, 3.63) is 76.1 Å². The number of halogens is 1. The molecule has 4 aromatic rings. The van der Waals surface area contributed by atoms with Gasteiger partial charge in [-0.05, 0) is 58.5 Å². The largest absolute Gasteiger partial charge is 0.493 e. The number of hydrogen-bond donors (Lipinski definition) is 0. The molecule has 0 bridgehead atoms. The number of piperidine rings is 1. The molecule has 1 aromatic heterocycles. The van der Waals surface area contributed by atoms with Gasteiger partial charge in [0, 0.05) is 31.1 Å². The van der Waals surface area contributed by atoms with Crippen molar-refractivity contribution in [2.45, 2.75) is 12.3 Å². The topological polar surface area (TPSA) is 113 Å². The quantitative estimate of drug-likeness (QED) is 0.279. The fourth-order valence-corrected chi connectivity index (χ4v) is 4.98. The predicted molar refractivity (Wildman–Crippen MR) is 126 cm³/mol. The van der Waals surface area contributed by atoms with Crippen molar-refractivity contribution in [1.29, 1.82) is 0 Å². The van der Waals surface area contributed by atoms with Gasteiger partial charge in [0.15, 0.2) is 17.0 Å². The Morgan fingerprint density at radius 2 is 1.86 bits per heavy atom. The average molecular weight is 492 g/mol. The van der Waals surface area contributed by atoms with Gasteiger partial charge in [0.25, 0.3) is 0 Å². The van der Waals surface area contributed by atoms with Crippen LogP contribution < -0.4 is 19.1 Å². The minimum atomic E-state index is -0.501. The molecule has 0 amide bonds. The van der Waals surface area contributed by atoms with Crippen molar-refractivity contribution in [3.63, 3.8) is 0 Å². The van der Waals surface area contributed by atoms with Crippen molar-refractivity contribution in [2.75, 3.05) is 31.4 Å². The Morgan fingerprint density at radius 1 is 1.06 bits per heavy atom. The first kappa shape index (κ1) is 22.1. The maximum absolute atomic E-state index is 13.6. The summed E-state index contributed by atoms with van der Waals surface area (Å²) in [4.78, 5) is 13.0. The van der Waals surface area contributed by atoms with Gasteiger partial charge in [0.1, 0.15) is 11.6 Å². The summed E-state index contributed by atoms with van der Waals surface area (Å²) in [5.41, 5.74) is 2.06. The SMILES string of the molecule is O=[N+]([O-])c1ccc(N2CCC(c3ccc(F)cc3)C(COc3ccc4c(c3)OCO4)C2)c2nonc12. The van der Waals surface area contributed by atoms with E-state index in [4.69, 9.17) is 18.8 Å². The number of nitro groups is 1. The number of hydrogen-bond acceptors (Lipinski definition) is 9. The molecular formula is C25H21FN4O6. The molecule has 2 aliphatic heterocycles. The van der Waals surface area contributed by atoms with Crippen molar-refractivity contribution in [1.82, 2.24) is 10.3 Å². The van der Waals surface area contributed by atoms with Crippen LogP contribution in [0.2, 0.25) is 0 Å². The molecular weight excluding hydrogens is 471 g/mol. The third-order valence-corrected chi connectivity index (χ3v) is 6.75. The molecule has 11 heteroatoms. The van der Waals surface area contributed by atoms with E-state index in [0.717, 1.165) is 12.0 Å². The molecule has 2 aliphatic rings. The van der Waals surface area contributed by atoms with E-state index in [2.05, 4.69) is 15.2 Å². The first-order valence-corrected chi connectivity index (χ1v) is 11.5. The molecule has 6 rings (SSSR count). The summed E-state index contributed by atoms with van der Waals surface area (Å²) in [5, 5.41) is 19.1. The first-order chi connectivity index (χ1) is 17.6. The maximum atomic E-state index is 13.6. The van der Waals surface area contributed by atoms with Crippen LogP contribution in [0.3, 0.4) is 0 Å². The highest BCUT2D eigenvalue weighted by molar-refractivity contribution is 5.93. The molecule has 1 fully saturated rings. The molecule has 36 heavy (non-hydrogen) atoms. The Morgan fingerprint density at radius 3 is 2.69 bits per heavy atom. The van der Waals surface area contributed by atoms with E-state index in [1.54, 1.807) is 12.1 Å². The van der Waals surface area contributed by atoms with Gasteiger partial charge in [-0.1, -0.05) is 12.1 Å². The molecule has 0 N–H and O–H groups in total. The molecule has 0 saturated carbocycles. The highest BCUT2D eigenvalue weighted by atomic mass is 19.1. The summed E-state index contributed by atoms with van der Waals surface area (Å²) in [6.45, 7) is 1.84. The smallest absolute Gasteiger partial charge is 0.300 e. The fraction of sp³-hybridized carbons (Fsp3) is 0.280. The van der Waals surface area contributed by atoms with Gasteiger partial charge in [-0.15, -0.1) is 0 Å². The summed E-state index contributed by atoms with van der Waals surface area (Å²) in [6.07, 6.45) is 0.768. The molecule has 0 aliphatic carbocycles. The van der Waals surface area contributed by atoms with Crippen LogP contribution in [0.25, 0.3) is 11.0 Å². The molecule has 0 radical (unpaired) electrons. The number of ether oxygens (including phenoxy) is 3. The van der Waals surface area contributed by atoms with Crippen molar-refractivity contribution in [2.24, 2.45) is 5.92 Å². The standard InChI is InChI=1S/C25H21FN4O6/c26-17-3-1-15(2-4-17)19-9-10-29(20-6-7-21(30(31)32)25-24(20)27-36-28-25)12-16(19)13-33-18-5-8-22-23(11-18)35-14-34-22/h1-8,11,16,19H,9-10,12-14H2. The molecule has 0 spiro atoms. The lowest BCUT2D eigenvalue weighted by atomic mass is 9.80. The van der Waals surface area contributed by atoms with Crippen LogP contribution in [0, 0.1) is 21.8 Å². The van der Waals surface area contributed by atoms with Crippen LogP contribution >= 0.6 is 0 Å². The van der Waals surface area contributed by atoms with E-state index in [-0.39, 0.29) is 35.7 Å². The number of nitro benzene ring substituents is 1. The summed E-state index contributed by atoms with van der Waals surface area (Å²) in [5.74, 6) is 1.85. The van der Waals surface area contributed by atoms with Crippen molar-refractivity contribution in [3.8, 4) is 17.2 Å². The van der Waals surface area contributed by atoms with Gasteiger partial charge in [-0.2, -0.15) is 0 Å². The van der Waals surface area contributed by atoms with Gasteiger partial charge >= 0.3 is 5.69 Å². The fourth-order valence-electron chi connectivity index (χ4n) is 4.98. The monoisotopic (exact) mass is 492 g/mol. The number of fused-ring (bicyclic) bond motifs is 2. The molecule has 10 nitrogen and oxygen atoms in total. The van der Waals surface area contributed by atoms with Crippen LogP contribution in [0.4, 0.5) is 15.8 Å². The molecule has 1 saturated heterocycles. The lowest BCUT2D eigenvalue weighted by Crippen LogP contribution is -2.42. The molecule has 3 heterocycles. The van der Waals surface area contributed by atoms with E-state index in [1.165, 1.54) is 18.2 Å². The summed E-state index contributed by atoms with van der Waals surface area (Å²) < 4.78 is 35.4. The third-order valence-electron chi connectivity index (χ3n) is 6.75. The minimum Gasteiger partial charge on any atom is -0.493 e. The zero-order valence-corrected chi connectivity index (χ0v) is 19.0. The predicted octanol–water partition coefficient (Wildman–Crippen LogP) is 4.69. The highest BCUT2D eigenvalue weighted by Crippen LogP contribution is 2.40. The lowest BCUT2D eigenvalue weighted by molar-refractivity contribution is -0.383. The number of non-ortho nitro benzene ring substituents is 1. The Hall–Kier alpha value is -4.41. The average Bonchev–Trinajstić information content (AvgIpc) is 3.57. The van der Waals surface area contributed by atoms with Crippen molar-refractivity contribution < 1.29 is 28.2 Å². The van der Waals surface area contributed by atoms with Gasteiger partial charge in [0.05, 0.1) is 17.2 Å². The minimum absolute atomic E-state index is 0.0275. The van der Waals surface area contributed by atoms with Crippen LogP contribution in [-0.4, -0.2) is 41.7 Å². The van der Waals surface area contributed by atoms with E-state index in [9.17, 15) is 14.5 Å². The van der Waals surface area contributed by atoms with E-state index >= 15 is 0 Å². The zero-order valence-electron chi connectivity index (χ0n) is 19.0. The van der Waals surface area contributed by atoms with Crippen LogP contribution in [0.1, 0.15) is 17.9 Å². The van der Waals surface area contributed by atoms with Crippen LogP contribution in [0.15, 0.2) is 59.2 Å². The second kappa shape index (κ2) is 8.99. The lowest BCUT2D eigenvalue weighted by Gasteiger charge is -2.40. The Labute approximate surface area is 204 Å². The van der Waals surface area contributed by atoms with E-state index in [1.807, 2.05) is 24.3 Å². The number of anilines is 1. The Balaban J connectivity index is 1.28. The van der Waals surface area contributed by atoms with E-state index in [0.29, 0.717) is 48.1 Å². The van der Waals surface area contributed by atoms with Gasteiger partial charge in [-0.25, -0.2) is 9.02 Å². The molecule has 3 aromatic carbocycles. The number of nitrogens with zero attached hydrogens (tertiary/aromatic N) is 4. The van der Waals surface area contributed by atoms with Gasteiger partial charge < -0.3 is 19.1 Å².